The second-order valence-corrected chi connectivity index (χ2v) is 9.17. The van der Waals surface area contributed by atoms with Crippen LogP contribution in [0.25, 0.3) is 0 Å². The molecule has 4 unspecified atom stereocenters. The normalized spacial score (nSPS) is 29.6. The molecule has 6 nitrogen and oxygen atoms in total. The van der Waals surface area contributed by atoms with Gasteiger partial charge >= 0.3 is 6.09 Å². The first-order chi connectivity index (χ1) is 12.6. The van der Waals surface area contributed by atoms with Gasteiger partial charge in [0, 0.05) is 13.1 Å². The molecular weight excluding hydrogens is 356 g/mol. The van der Waals surface area contributed by atoms with Crippen LogP contribution in [-0.2, 0) is 4.74 Å². The molecule has 0 aliphatic carbocycles. The molecule has 28 heavy (non-hydrogen) atoms. The highest BCUT2D eigenvalue weighted by atomic mass is 16.6. The predicted octanol–water partition coefficient (Wildman–Crippen LogP) is 3.80. The molecule has 6 heteroatoms. The Kier molecular flexibility index (Phi) is 13.0. The second-order valence-electron chi connectivity index (χ2n) is 9.17. The molecule has 0 radical (unpaired) electrons. The molecule has 2 aliphatic rings. The molecule has 168 valence electrons. The highest BCUT2D eigenvalue weighted by Crippen LogP contribution is 2.19. The van der Waals surface area contributed by atoms with Crippen LogP contribution in [0.2, 0.25) is 0 Å². The number of aliphatic hydroxyl groups is 2. The van der Waals surface area contributed by atoms with Gasteiger partial charge in [0.25, 0.3) is 0 Å². The van der Waals surface area contributed by atoms with Crippen LogP contribution in [0.3, 0.4) is 0 Å². The molecule has 0 aromatic heterocycles. The van der Waals surface area contributed by atoms with Crippen LogP contribution in [0.15, 0.2) is 0 Å². The third-order valence-electron chi connectivity index (χ3n) is 5.38. The number of likely N-dealkylation sites (tertiary alicyclic amines) is 1. The summed E-state index contributed by atoms with van der Waals surface area (Å²) in [5, 5.41) is 22.6. The number of nitrogens with zero attached hydrogens (tertiary/aromatic N) is 1. The van der Waals surface area contributed by atoms with E-state index in [1.165, 1.54) is 6.42 Å². The van der Waals surface area contributed by atoms with E-state index >= 15 is 0 Å². The van der Waals surface area contributed by atoms with Gasteiger partial charge in [-0.1, -0.05) is 21.3 Å². The lowest BCUT2D eigenvalue weighted by Crippen LogP contribution is -2.41. The van der Waals surface area contributed by atoms with Gasteiger partial charge in [-0.25, -0.2) is 4.79 Å². The lowest BCUT2D eigenvalue weighted by molar-refractivity contribution is 0.0145. The van der Waals surface area contributed by atoms with E-state index in [-0.39, 0.29) is 25.7 Å². The van der Waals surface area contributed by atoms with Gasteiger partial charge in [-0.15, -0.1) is 0 Å². The molecule has 2 fully saturated rings. The molecule has 2 heterocycles. The SMILES string of the molecule is C.CC1CCCN(C(=O)OC(C)(C)C)CCC1O.CC1CCCNCCC1O. The zero-order valence-corrected chi connectivity index (χ0v) is 18.0. The van der Waals surface area contributed by atoms with Crippen molar-refractivity contribution in [3.05, 3.63) is 0 Å². The summed E-state index contributed by atoms with van der Waals surface area (Å²) >= 11 is 0. The van der Waals surface area contributed by atoms with Crippen LogP contribution >= 0.6 is 0 Å². The van der Waals surface area contributed by atoms with Gasteiger partial charge in [0.2, 0.25) is 0 Å². The lowest BCUT2D eigenvalue weighted by Gasteiger charge is -2.31. The van der Waals surface area contributed by atoms with Crippen molar-refractivity contribution in [2.45, 2.75) is 98.4 Å². The van der Waals surface area contributed by atoms with E-state index in [4.69, 9.17) is 4.74 Å². The van der Waals surface area contributed by atoms with Gasteiger partial charge in [0.1, 0.15) is 5.60 Å². The van der Waals surface area contributed by atoms with Crippen molar-refractivity contribution in [3.8, 4) is 0 Å². The van der Waals surface area contributed by atoms with Crippen molar-refractivity contribution in [1.82, 2.24) is 10.2 Å². The Bertz CT molecular complexity index is 413. The summed E-state index contributed by atoms with van der Waals surface area (Å²) in [6, 6.07) is 0. The van der Waals surface area contributed by atoms with Gasteiger partial charge < -0.3 is 25.2 Å². The molecule has 3 N–H and O–H groups in total. The average Bonchev–Trinajstić information content (AvgIpc) is 2.56. The molecule has 0 saturated carbocycles. The minimum atomic E-state index is -0.453. The van der Waals surface area contributed by atoms with E-state index in [1.54, 1.807) is 4.90 Å². The molecule has 0 aromatic carbocycles. The Balaban J connectivity index is 0.000000567. The first-order valence-corrected chi connectivity index (χ1v) is 10.6. The molecule has 2 aliphatic heterocycles. The monoisotopic (exact) mass is 402 g/mol. The Labute approximate surface area is 173 Å². The molecule has 0 aromatic rings. The van der Waals surface area contributed by atoms with Crippen molar-refractivity contribution < 1.29 is 19.7 Å². The second kappa shape index (κ2) is 13.4. The van der Waals surface area contributed by atoms with Gasteiger partial charge in [-0.05, 0) is 84.2 Å². The van der Waals surface area contributed by atoms with Crippen LogP contribution in [0.5, 0.6) is 0 Å². The van der Waals surface area contributed by atoms with Crippen LogP contribution < -0.4 is 5.32 Å². The Morgan fingerprint density at radius 2 is 1.50 bits per heavy atom. The third-order valence-corrected chi connectivity index (χ3v) is 5.38. The van der Waals surface area contributed by atoms with Crippen molar-refractivity contribution >= 4 is 6.09 Å². The number of amides is 1. The Morgan fingerprint density at radius 3 is 2.11 bits per heavy atom. The highest BCUT2D eigenvalue weighted by molar-refractivity contribution is 5.68. The first-order valence-electron chi connectivity index (χ1n) is 10.6. The number of nitrogens with one attached hydrogen (secondary N) is 1. The van der Waals surface area contributed by atoms with E-state index in [1.807, 2.05) is 20.8 Å². The summed E-state index contributed by atoms with van der Waals surface area (Å²) < 4.78 is 5.34. The molecule has 2 rings (SSSR count). The first kappa shape index (κ1) is 27.1. The van der Waals surface area contributed by atoms with Crippen LogP contribution in [0.1, 0.15) is 80.6 Å². The fourth-order valence-electron chi connectivity index (χ4n) is 3.39. The number of hydrogen-bond donors (Lipinski definition) is 3. The van der Waals surface area contributed by atoms with Crippen molar-refractivity contribution in [3.63, 3.8) is 0 Å². The van der Waals surface area contributed by atoms with Crippen molar-refractivity contribution in [2.24, 2.45) is 11.8 Å². The minimum Gasteiger partial charge on any atom is -0.444 e. The number of aliphatic hydroxyl groups excluding tert-OH is 2. The maximum atomic E-state index is 11.9. The number of carbonyl (C=O) groups is 1. The quantitative estimate of drug-likeness (QED) is 0.574. The predicted molar refractivity (Wildman–Crippen MR) is 115 cm³/mol. The molecular formula is C22H46N2O4. The van der Waals surface area contributed by atoms with Gasteiger partial charge in [-0.3, -0.25) is 0 Å². The minimum absolute atomic E-state index is 0. The maximum Gasteiger partial charge on any atom is 0.410 e. The summed E-state index contributed by atoms with van der Waals surface area (Å²) in [4.78, 5) is 13.6. The van der Waals surface area contributed by atoms with Gasteiger partial charge in [0.15, 0.2) is 0 Å². The zero-order valence-electron chi connectivity index (χ0n) is 18.0. The summed E-state index contributed by atoms with van der Waals surface area (Å²) in [6.07, 6.45) is 5.17. The molecule has 0 bridgehead atoms. The zero-order chi connectivity index (χ0) is 20.4. The summed E-state index contributed by atoms with van der Waals surface area (Å²) in [5.74, 6) is 0.831. The molecule has 0 spiro atoms. The standard InChI is InChI=1S/C13H25NO3.C8H17NO.CH4/c1-10-6-5-8-14(9-7-11(10)15)12(16)17-13(2,3)4;1-7-3-2-5-9-6-4-8(7)10;/h10-11,15H,5-9H2,1-4H3;7-10H,2-6H2,1H3;1H4. The van der Waals surface area contributed by atoms with Crippen LogP contribution in [-0.4, -0.2) is 65.2 Å². The smallest absolute Gasteiger partial charge is 0.410 e. The average molecular weight is 403 g/mol. The third kappa shape index (κ3) is 11.2. The van der Waals surface area contributed by atoms with Crippen LogP contribution in [0, 0.1) is 11.8 Å². The van der Waals surface area contributed by atoms with E-state index in [0.29, 0.717) is 24.8 Å². The Morgan fingerprint density at radius 1 is 0.929 bits per heavy atom. The van der Waals surface area contributed by atoms with Crippen LogP contribution in [0.4, 0.5) is 4.79 Å². The van der Waals surface area contributed by atoms with E-state index < -0.39 is 5.60 Å². The van der Waals surface area contributed by atoms with E-state index in [2.05, 4.69) is 19.2 Å². The fraction of sp³-hybridized carbons (Fsp3) is 0.955. The maximum absolute atomic E-state index is 11.9. The largest absolute Gasteiger partial charge is 0.444 e. The van der Waals surface area contributed by atoms with Crippen molar-refractivity contribution in [1.29, 1.82) is 0 Å². The molecule has 4 atom stereocenters. The molecule has 1 amide bonds. The summed E-state index contributed by atoms with van der Waals surface area (Å²) in [7, 11) is 0. The fourth-order valence-corrected chi connectivity index (χ4v) is 3.39. The Hall–Kier alpha value is -0.850. The summed E-state index contributed by atoms with van der Waals surface area (Å²) in [6.45, 7) is 13.2. The molecule has 2 saturated heterocycles. The highest BCUT2D eigenvalue weighted by Gasteiger charge is 2.25. The number of ether oxygens (including phenoxy) is 1. The van der Waals surface area contributed by atoms with Gasteiger partial charge in [-0.2, -0.15) is 0 Å². The van der Waals surface area contributed by atoms with E-state index in [9.17, 15) is 15.0 Å². The van der Waals surface area contributed by atoms with Gasteiger partial charge in [0.05, 0.1) is 12.2 Å². The number of rotatable bonds is 0. The summed E-state index contributed by atoms with van der Waals surface area (Å²) in [5.41, 5.74) is -0.453. The van der Waals surface area contributed by atoms with Crippen molar-refractivity contribution in [2.75, 3.05) is 26.2 Å². The number of carbonyl (C=O) groups excluding carboxylic acids is 1. The lowest BCUT2D eigenvalue weighted by atomic mass is 9.95. The van der Waals surface area contributed by atoms with E-state index in [0.717, 1.165) is 45.3 Å². The topological polar surface area (TPSA) is 82.0 Å². The number of hydrogen-bond acceptors (Lipinski definition) is 5.